The van der Waals surface area contributed by atoms with E-state index in [-0.39, 0.29) is 18.6 Å². The third-order valence-electron chi connectivity index (χ3n) is 3.90. The summed E-state index contributed by atoms with van der Waals surface area (Å²) in [5.74, 6) is -0.141. The molecular formula is C17H23N3O2. The van der Waals surface area contributed by atoms with Gasteiger partial charge in [-0.15, -0.1) is 0 Å². The van der Waals surface area contributed by atoms with Crippen LogP contribution in [0.25, 0.3) is 5.69 Å². The number of para-hydroxylation sites is 1. The molecule has 1 unspecified atom stereocenters. The lowest BCUT2D eigenvalue weighted by Crippen LogP contribution is -2.35. The highest BCUT2D eigenvalue weighted by Gasteiger charge is 2.18. The number of aliphatic hydroxyl groups is 1. The second kappa shape index (κ2) is 7.22. The molecule has 0 fully saturated rings. The quantitative estimate of drug-likeness (QED) is 0.861. The van der Waals surface area contributed by atoms with Crippen LogP contribution in [0.1, 0.15) is 41.4 Å². The van der Waals surface area contributed by atoms with Gasteiger partial charge in [0.05, 0.1) is 23.1 Å². The number of carbonyl (C=O) groups excluding carboxylic acids is 1. The number of amides is 1. The summed E-state index contributed by atoms with van der Waals surface area (Å²) < 4.78 is 1.79. The fraction of sp³-hybridized carbons (Fsp3) is 0.412. The highest BCUT2D eigenvalue weighted by molar-refractivity contribution is 5.95. The van der Waals surface area contributed by atoms with Gasteiger partial charge in [-0.3, -0.25) is 4.79 Å². The molecule has 0 radical (unpaired) electrons. The number of benzene rings is 1. The lowest BCUT2D eigenvalue weighted by Gasteiger charge is -2.15. The zero-order chi connectivity index (χ0) is 16.1. The number of hydrogen-bond donors (Lipinski definition) is 2. The Hall–Kier alpha value is -2.14. The average Bonchev–Trinajstić information content (AvgIpc) is 2.89. The van der Waals surface area contributed by atoms with Gasteiger partial charge in [0.1, 0.15) is 0 Å². The van der Waals surface area contributed by atoms with Gasteiger partial charge in [-0.05, 0) is 38.3 Å². The van der Waals surface area contributed by atoms with Crippen LogP contribution < -0.4 is 5.32 Å². The second-order valence-electron chi connectivity index (χ2n) is 5.43. The Labute approximate surface area is 131 Å². The maximum atomic E-state index is 12.4. The fourth-order valence-electron chi connectivity index (χ4n) is 2.47. The van der Waals surface area contributed by atoms with Crippen LogP contribution in [-0.4, -0.2) is 33.4 Å². The van der Waals surface area contributed by atoms with Crippen LogP contribution in [0, 0.1) is 13.8 Å². The van der Waals surface area contributed by atoms with E-state index in [4.69, 9.17) is 5.11 Å². The number of aryl methyl sites for hydroxylation is 1. The number of rotatable bonds is 6. The van der Waals surface area contributed by atoms with E-state index >= 15 is 0 Å². The number of nitrogens with zero attached hydrogens (tertiary/aromatic N) is 2. The molecule has 0 aliphatic heterocycles. The predicted octanol–water partition coefficient (Wildman–Crippen LogP) is 2.38. The van der Waals surface area contributed by atoms with Crippen molar-refractivity contribution in [2.75, 3.05) is 6.61 Å². The third kappa shape index (κ3) is 3.36. The van der Waals surface area contributed by atoms with Gasteiger partial charge in [-0.1, -0.05) is 25.1 Å². The Morgan fingerprint density at radius 3 is 2.73 bits per heavy atom. The van der Waals surface area contributed by atoms with Gasteiger partial charge in [0.2, 0.25) is 0 Å². The van der Waals surface area contributed by atoms with Crippen molar-refractivity contribution < 1.29 is 9.90 Å². The molecule has 0 bridgehead atoms. The first-order valence-corrected chi connectivity index (χ1v) is 7.60. The lowest BCUT2D eigenvalue weighted by atomic mass is 10.1. The van der Waals surface area contributed by atoms with Crippen LogP contribution in [0.15, 0.2) is 30.5 Å². The van der Waals surface area contributed by atoms with Gasteiger partial charge in [0.25, 0.3) is 5.91 Å². The Bertz CT molecular complexity index is 649. The van der Waals surface area contributed by atoms with E-state index in [1.807, 2.05) is 45.0 Å². The first-order valence-electron chi connectivity index (χ1n) is 7.60. The van der Waals surface area contributed by atoms with Crippen molar-refractivity contribution in [1.82, 2.24) is 15.1 Å². The van der Waals surface area contributed by atoms with Gasteiger partial charge in [-0.2, -0.15) is 5.10 Å². The van der Waals surface area contributed by atoms with Crippen molar-refractivity contribution in [3.8, 4) is 5.69 Å². The number of aliphatic hydroxyl groups excluding tert-OH is 1. The molecule has 2 N–H and O–H groups in total. The van der Waals surface area contributed by atoms with Crippen molar-refractivity contribution in [3.05, 3.63) is 47.3 Å². The lowest BCUT2D eigenvalue weighted by molar-refractivity contribution is 0.0928. The zero-order valence-corrected chi connectivity index (χ0v) is 13.3. The molecule has 1 aromatic carbocycles. The zero-order valence-electron chi connectivity index (χ0n) is 13.3. The first-order chi connectivity index (χ1) is 10.6. The molecule has 1 amide bonds. The van der Waals surface area contributed by atoms with Gasteiger partial charge >= 0.3 is 0 Å². The van der Waals surface area contributed by atoms with Crippen molar-refractivity contribution in [3.63, 3.8) is 0 Å². The Morgan fingerprint density at radius 2 is 2.09 bits per heavy atom. The van der Waals surface area contributed by atoms with Crippen molar-refractivity contribution in [2.24, 2.45) is 0 Å². The minimum atomic E-state index is -0.141. The largest absolute Gasteiger partial charge is 0.396 e. The molecule has 5 nitrogen and oxygen atoms in total. The summed E-state index contributed by atoms with van der Waals surface area (Å²) in [6, 6.07) is 7.92. The molecule has 0 spiro atoms. The standard InChI is InChI=1S/C17H23N3O2/c1-4-14(9-10-21)19-17(22)15-11-18-20(13(15)3)16-8-6-5-7-12(16)2/h5-8,11,14,21H,4,9-10H2,1-3H3,(H,19,22). The van der Waals surface area contributed by atoms with E-state index in [1.165, 1.54) is 0 Å². The monoisotopic (exact) mass is 301 g/mol. The van der Waals surface area contributed by atoms with Crippen LogP contribution in [0.2, 0.25) is 0 Å². The molecule has 2 aromatic rings. The fourth-order valence-corrected chi connectivity index (χ4v) is 2.47. The number of aromatic nitrogens is 2. The summed E-state index contributed by atoms with van der Waals surface area (Å²) in [6.07, 6.45) is 2.95. The summed E-state index contributed by atoms with van der Waals surface area (Å²) in [5, 5.41) is 16.3. The van der Waals surface area contributed by atoms with Crippen LogP contribution in [0.3, 0.4) is 0 Å². The molecule has 2 rings (SSSR count). The molecule has 1 aromatic heterocycles. The van der Waals surface area contributed by atoms with Gasteiger partial charge in [0.15, 0.2) is 0 Å². The van der Waals surface area contributed by atoms with Crippen molar-refractivity contribution in [2.45, 2.75) is 39.7 Å². The highest BCUT2D eigenvalue weighted by atomic mass is 16.3. The molecule has 22 heavy (non-hydrogen) atoms. The van der Waals surface area contributed by atoms with E-state index in [0.717, 1.165) is 23.4 Å². The molecule has 1 atom stereocenters. The van der Waals surface area contributed by atoms with Crippen LogP contribution in [-0.2, 0) is 0 Å². The van der Waals surface area contributed by atoms with Crippen molar-refractivity contribution >= 4 is 5.91 Å². The van der Waals surface area contributed by atoms with E-state index in [0.29, 0.717) is 12.0 Å². The maximum absolute atomic E-state index is 12.4. The minimum Gasteiger partial charge on any atom is -0.396 e. The smallest absolute Gasteiger partial charge is 0.254 e. The van der Waals surface area contributed by atoms with E-state index < -0.39 is 0 Å². The molecule has 0 saturated carbocycles. The normalized spacial score (nSPS) is 12.2. The SMILES string of the molecule is CCC(CCO)NC(=O)c1cnn(-c2ccccc2C)c1C. The number of nitrogens with one attached hydrogen (secondary N) is 1. The van der Waals surface area contributed by atoms with E-state index in [9.17, 15) is 4.79 Å². The number of hydrogen-bond acceptors (Lipinski definition) is 3. The minimum absolute atomic E-state index is 0.0151. The predicted molar refractivity (Wildman–Crippen MR) is 86.3 cm³/mol. The summed E-state index contributed by atoms with van der Waals surface area (Å²) in [6.45, 7) is 5.97. The average molecular weight is 301 g/mol. The van der Waals surface area contributed by atoms with Gasteiger partial charge in [-0.25, -0.2) is 4.68 Å². The first kappa shape index (κ1) is 16.2. The molecule has 0 aliphatic rings. The third-order valence-corrected chi connectivity index (χ3v) is 3.90. The van der Waals surface area contributed by atoms with Gasteiger partial charge < -0.3 is 10.4 Å². The Kier molecular flexibility index (Phi) is 5.33. The summed E-state index contributed by atoms with van der Waals surface area (Å²) >= 11 is 0. The second-order valence-corrected chi connectivity index (χ2v) is 5.43. The van der Waals surface area contributed by atoms with Crippen molar-refractivity contribution in [1.29, 1.82) is 0 Å². The van der Waals surface area contributed by atoms with E-state index in [2.05, 4.69) is 10.4 Å². The van der Waals surface area contributed by atoms with E-state index in [1.54, 1.807) is 10.9 Å². The maximum Gasteiger partial charge on any atom is 0.254 e. The summed E-state index contributed by atoms with van der Waals surface area (Å²) in [7, 11) is 0. The van der Waals surface area contributed by atoms with Crippen LogP contribution in [0.5, 0.6) is 0 Å². The summed E-state index contributed by atoms with van der Waals surface area (Å²) in [5.41, 5.74) is 3.46. The molecule has 5 heteroatoms. The Balaban J connectivity index is 2.24. The number of carbonyl (C=O) groups is 1. The Morgan fingerprint density at radius 1 is 1.36 bits per heavy atom. The topological polar surface area (TPSA) is 67.2 Å². The molecule has 0 saturated heterocycles. The molecular weight excluding hydrogens is 278 g/mol. The summed E-state index contributed by atoms with van der Waals surface area (Å²) in [4.78, 5) is 12.4. The van der Waals surface area contributed by atoms with Gasteiger partial charge in [0, 0.05) is 12.6 Å². The van der Waals surface area contributed by atoms with Crippen LogP contribution in [0.4, 0.5) is 0 Å². The van der Waals surface area contributed by atoms with Crippen LogP contribution >= 0.6 is 0 Å². The molecule has 1 heterocycles. The molecule has 118 valence electrons. The molecule has 0 aliphatic carbocycles. The highest BCUT2D eigenvalue weighted by Crippen LogP contribution is 2.17.